The molecule has 0 bridgehead atoms. The van der Waals surface area contributed by atoms with Crippen molar-refractivity contribution in [2.24, 2.45) is 4.36 Å². The van der Waals surface area contributed by atoms with E-state index in [1.165, 1.54) is 6.33 Å². The van der Waals surface area contributed by atoms with E-state index >= 15 is 0 Å². The third-order valence-corrected chi connectivity index (χ3v) is 6.35. The van der Waals surface area contributed by atoms with Gasteiger partial charge in [-0.25, -0.2) is 23.2 Å². The van der Waals surface area contributed by atoms with Crippen molar-refractivity contribution < 1.29 is 4.21 Å². The molecule has 7 nitrogen and oxygen atoms in total. The summed E-state index contributed by atoms with van der Waals surface area (Å²) < 4.78 is 21.2. The summed E-state index contributed by atoms with van der Waals surface area (Å²) in [5.41, 5.74) is 2.24. The maximum atomic E-state index is 13.1. The van der Waals surface area contributed by atoms with Crippen molar-refractivity contribution in [2.45, 2.75) is 13.8 Å². The molecule has 0 fully saturated rings. The van der Waals surface area contributed by atoms with Crippen molar-refractivity contribution in [3.05, 3.63) is 43.1 Å². The van der Waals surface area contributed by atoms with Crippen LogP contribution in [-0.2, 0) is 9.92 Å². The Labute approximate surface area is 141 Å². The monoisotopic (exact) mass is 344 g/mol. The fourth-order valence-corrected chi connectivity index (χ4v) is 3.94. The predicted molar refractivity (Wildman–Crippen MR) is 95.7 cm³/mol. The molecule has 126 valence electrons. The molecular weight excluding hydrogens is 324 g/mol. The smallest absolute Gasteiger partial charge is 0.115 e. The molecule has 0 aliphatic heterocycles. The predicted octanol–water partition coefficient (Wildman–Crippen LogP) is 2.80. The van der Waals surface area contributed by atoms with Gasteiger partial charge in [-0.1, -0.05) is 19.9 Å². The molecule has 0 amide bonds. The van der Waals surface area contributed by atoms with E-state index in [1.807, 2.05) is 45.3 Å². The Kier molecular flexibility index (Phi) is 4.59. The zero-order valence-electron chi connectivity index (χ0n) is 14.0. The molecule has 2 heterocycles. The first kappa shape index (κ1) is 16.5. The van der Waals surface area contributed by atoms with Gasteiger partial charge in [-0.3, -0.25) is 0 Å². The molecule has 0 saturated heterocycles. The van der Waals surface area contributed by atoms with Crippen LogP contribution in [0.1, 0.15) is 13.8 Å². The summed E-state index contributed by atoms with van der Waals surface area (Å²) in [7, 11) is -0.625. The maximum Gasteiger partial charge on any atom is 0.115 e. The fourth-order valence-electron chi connectivity index (χ4n) is 2.36. The first-order chi connectivity index (χ1) is 11.6. The van der Waals surface area contributed by atoms with Crippen LogP contribution in [0.3, 0.4) is 0 Å². The lowest BCUT2D eigenvalue weighted by Crippen LogP contribution is -2.27. The quantitative estimate of drug-likeness (QED) is 0.713. The van der Waals surface area contributed by atoms with Crippen LogP contribution in [0.4, 0.5) is 5.69 Å². The van der Waals surface area contributed by atoms with Crippen molar-refractivity contribution in [3.63, 3.8) is 0 Å². The normalized spacial score (nSPS) is 14.0. The van der Waals surface area contributed by atoms with Crippen LogP contribution in [0.5, 0.6) is 0 Å². The molecule has 0 aliphatic rings. The Morgan fingerprint density at radius 3 is 2.67 bits per heavy atom. The third kappa shape index (κ3) is 3.02. The zero-order valence-corrected chi connectivity index (χ0v) is 14.8. The van der Waals surface area contributed by atoms with E-state index in [0.717, 1.165) is 16.6 Å². The zero-order chi connectivity index (χ0) is 17.2. The second kappa shape index (κ2) is 6.66. The maximum absolute atomic E-state index is 13.1. The minimum Gasteiger partial charge on any atom is -0.243 e. The number of fused-ring (bicyclic) bond motifs is 1. The van der Waals surface area contributed by atoms with Gasteiger partial charge in [-0.15, -0.1) is 0 Å². The first-order valence-electron chi connectivity index (χ1n) is 7.77. The number of hydrogen-bond donors (Lipinski definition) is 0. The van der Waals surface area contributed by atoms with Crippen molar-refractivity contribution in [3.8, 4) is 5.69 Å². The molecule has 2 aromatic heterocycles. The van der Waals surface area contributed by atoms with E-state index in [9.17, 15) is 4.21 Å². The molecule has 0 radical (unpaired) electrons. The van der Waals surface area contributed by atoms with Crippen LogP contribution >= 0.6 is 0 Å². The highest BCUT2D eigenvalue weighted by molar-refractivity contribution is 7.91. The summed E-state index contributed by atoms with van der Waals surface area (Å²) in [5, 5.41) is 5.39. The number of benzene rings is 1. The Morgan fingerprint density at radius 2 is 2.00 bits per heavy atom. The first-order valence-corrected chi connectivity index (χ1v) is 9.41. The van der Waals surface area contributed by atoms with E-state index in [2.05, 4.69) is 19.4 Å². The van der Waals surface area contributed by atoms with E-state index in [-0.39, 0.29) is 0 Å². The van der Waals surface area contributed by atoms with Gasteiger partial charge in [0.1, 0.15) is 21.9 Å². The van der Waals surface area contributed by atoms with Crippen LogP contribution in [0.15, 0.2) is 47.5 Å². The molecule has 0 aliphatic carbocycles. The molecule has 0 spiro atoms. The molecule has 3 rings (SSSR count). The average molecular weight is 344 g/mol. The number of rotatable bonds is 5. The van der Waals surface area contributed by atoms with E-state index in [0.29, 0.717) is 18.0 Å². The van der Waals surface area contributed by atoms with Gasteiger partial charge < -0.3 is 0 Å². The average Bonchev–Trinajstić information content (AvgIpc) is 3.07. The summed E-state index contributed by atoms with van der Waals surface area (Å²) in [4.78, 5) is 8.03. The largest absolute Gasteiger partial charge is 0.243 e. The highest BCUT2D eigenvalue weighted by Crippen LogP contribution is 2.28. The van der Waals surface area contributed by atoms with Gasteiger partial charge in [-0.2, -0.15) is 9.46 Å². The second-order valence-electron chi connectivity index (χ2n) is 5.31. The lowest BCUT2D eigenvalue weighted by atomic mass is 10.2. The number of nitrogens with zero attached hydrogens (tertiary/aromatic N) is 6. The standard InChI is InChI=1S/C16H20N6OS/c1-4-21(3)24(23,5-2)20-16-8-6-7-15-14(16)11-22(19-15)13-9-17-12-18-10-13/h6-12H,4-5H2,1-3H3. The van der Waals surface area contributed by atoms with Gasteiger partial charge in [0, 0.05) is 30.9 Å². The minimum atomic E-state index is -2.46. The molecule has 24 heavy (non-hydrogen) atoms. The molecule has 1 aromatic carbocycles. The number of hydrogen-bond acceptors (Lipinski definition) is 5. The summed E-state index contributed by atoms with van der Waals surface area (Å²) in [6.07, 6.45) is 6.73. The van der Waals surface area contributed by atoms with Crippen LogP contribution in [0.25, 0.3) is 16.6 Å². The fraction of sp³-hybridized carbons (Fsp3) is 0.312. The van der Waals surface area contributed by atoms with Crippen molar-refractivity contribution >= 4 is 26.5 Å². The van der Waals surface area contributed by atoms with Gasteiger partial charge in [0.05, 0.1) is 23.6 Å². The van der Waals surface area contributed by atoms with Gasteiger partial charge >= 0.3 is 0 Å². The van der Waals surface area contributed by atoms with E-state index in [1.54, 1.807) is 21.4 Å². The summed E-state index contributed by atoms with van der Waals surface area (Å²) in [5.74, 6) is 0.467. The highest BCUT2D eigenvalue weighted by atomic mass is 32.2. The van der Waals surface area contributed by atoms with Crippen molar-refractivity contribution in [1.82, 2.24) is 24.1 Å². The molecule has 8 heteroatoms. The van der Waals surface area contributed by atoms with Gasteiger partial charge in [0.25, 0.3) is 0 Å². The van der Waals surface area contributed by atoms with Crippen LogP contribution in [0, 0.1) is 0 Å². The molecule has 1 atom stereocenters. The molecule has 1 unspecified atom stereocenters. The van der Waals surface area contributed by atoms with Crippen molar-refractivity contribution in [2.75, 3.05) is 19.3 Å². The highest BCUT2D eigenvalue weighted by Gasteiger charge is 2.14. The molecule has 0 saturated carbocycles. The molecular formula is C16H20N6OS. The van der Waals surface area contributed by atoms with E-state index < -0.39 is 9.92 Å². The molecule has 0 N–H and O–H groups in total. The van der Waals surface area contributed by atoms with Crippen molar-refractivity contribution in [1.29, 1.82) is 0 Å². The minimum absolute atomic E-state index is 0.467. The van der Waals surface area contributed by atoms with Gasteiger partial charge in [0.2, 0.25) is 0 Å². The van der Waals surface area contributed by atoms with Gasteiger partial charge in [-0.05, 0) is 12.1 Å². The van der Waals surface area contributed by atoms with Gasteiger partial charge in [0.15, 0.2) is 0 Å². The van der Waals surface area contributed by atoms with E-state index in [4.69, 9.17) is 0 Å². The molecule has 3 aromatic rings. The SMILES string of the molecule is CCN(C)S(=O)(CC)=Nc1cccc2nn(-c3cncnc3)cc12. The Hall–Kier alpha value is -2.32. The lowest BCUT2D eigenvalue weighted by molar-refractivity contribution is 0.540. The topological polar surface area (TPSA) is 76.3 Å². The van der Waals surface area contributed by atoms with Crippen LogP contribution in [0.2, 0.25) is 0 Å². The Bertz CT molecular complexity index is 959. The summed E-state index contributed by atoms with van der Waals surface area (Å²) in [6, 6.07) is 5.65. The number of aromatic nitrogens is 4. The Morgan fingerprint density at radius 1 is 1.25 bits per heavy atom. The lowest BCUT2D eigenvalue weighted by Gasteiger charge is -2.18. The Balaban J connectivity index is 2.17. The second-order valence-corrected chi connectivity index (χ2v) is 7.91. The van der Waals surface area contributed by atoms with Crippen LogP contribution < -0.4 is 0 Å². The third-order valence-electron chi connectivity index (χ3n) is 3.89. The summed E-state index contributed by atoms with van der Waals surface area (Å²) >= 11 is 0. The summed E-state index contributed by atoms with van der Waals surface area (Å²) in [6.45, 7) is 4.54. The van der Waals surface area contributed by atoms with Crippen LogP contribution in [-0.4, -0.2) is 47.6 Å².